The SMILES string of the molecule is CCCCCCCCCCNCN(C)O. The van der Waals surface area contributed by atoms with E-state index in [0.717, 1.165) is 6.54 Å². The molecular formula is C12H28N2O. The van der Waals surface area contributed by atoms with Gasteiger partial charge in [0, 0.05) is 7.05 Å². The van der Waals surface area contributed by atoms with E-state index in [0.29, 0.717) is 6.67 Å². The summed E-state index contributed by atoms with van der Waals surface area (Å²) in [5, 5.41) is 13.2. The van der Waals surface area contributed by atoms with Crippen LogP contribution in [0.25, 0.3) is 0 Å². The van der Waals surface area contributed by atoms with Gasteiger partial charge in [-0.25, -0.2) is 0 Å². The van der Waals surface area contributed by atoms with E-state index in [1.807, 2.05) is 0 Å². The summed E-state index contributed by atoms with van der Waals surface area (Å²) in [5.74, 6) is 0. The summed E-state index contributed by atoms with van der Waals surface area (Å²) in [6, 6.07) is 0. The van der Waals surface area contributed by atoms with Crippen molar-refractivity contribution in [1.29, 1.82) is 0 Å². The summed E-state index contributed by atoms with van der Waals surface area (Å²) in [6.07, 6.45) is 10.8. The van der Waals surface area contributed by atoms with Gasteiger partial charge in [-0.1, -0.05) is 51.9 Å². The summed E-state index contributed by atoms with van der Waals surface area (Å²) in [5.41, 5.74) is 0. The zero-order chi connectivity index (χ0) is 11.4. The maximum atomic E-state index is 8.85. The lowest BCUT2D eigenvalue weighted by Gasteiger charge is -2.09. The molecule has 0 heterocycles. The average molecular weight is 216 g/mol. The fraction of sp³-hybridized carbons (Fsp3) is 1.00. The van der Waals surface area contributed by atoms with E-state index in [1.165, 1.54) is 56.4 Å². The van der Waals surface area contributed by atoms with Crippen LogP contribution in [0.15, 0.2) is 0 Å². The van der Waals surface area contributed by atoms with Crippen LogP contribution in [-0.4, -0.2) is 30.5 Å². The first-order valence-corrected chi connectivity index (χ1v) is 6.38. The van der Waals surface area contributed by atoms with Gasteiger partial charge in [-0.05, 0) is 13.0 Å². The topological polar surface area (TPSA) is 35.5 Å². The van der Waals surface area contributed by atoms with Crippen LogP contribution in [0.4, 0.5) is 0 Å². The molecule has 3 nitrogen and oxygen atoms in total. The molecule has 0 aromatic carbocycles. The van der Waals surface area contributed by atoms with Gasteiger partial charge in [0.2, 0.25) is 0 Å². The summed E-state index contributed by atoms with van der Waals surface area (Å²) >= 11 is 0. The molecule has 0 saturated carbocycles. The fourth-order valence-electron chi connectivity index (χ4n) is 1.62. The molecule has 0 aromatic rings. The van der Waals surface area contributed by atoms with E-state index in [-0.39, 0.29) is 0 Å². The Morgan fingerprint density at radius 3 is 2.00 bits per heavy atom. The van der Waals surface area contributed by atoms with Gasteiger partial charge in [-0.2, -0.15) is 5.06 Å². The van der Waals surface area contributed by atoms with Crippen LogP contribution >= 0.6 is 0 Å². The van der Waals surface area contributed by atoms with Crippen LogP contribution in [0.5, 0.6) is 0 Å². The first kappa shape index (κ1) is 14.9. The van der Waals surface area contributed by atoms with Gasteiger partial charge < -0.3 is 10.5 Å². The summed E-state index contributed by atoms with van der Waals surface area (Å²) in [7, 11) is 1.65. The van der Waals surface area contributed by atoms with E-state index in [9.17, 15) is 0 Å². The van der Waals surface area contributed by atoms with Gasteiger partial charge in [-0.3, -0.25) is 0 Å². The molecule has 0 bridgehead atoms. The van der Waals surface area contributed by atoms with Crippen molar-refractivity contribution in [2.45, 2.75) is 58.3 Å². The third-order valence-corrected chi connectivity index (χ3v) is 2.55. The highest BCUT2D eigenvalue weighted by Gasteiger charge is 1.92. The van der Waals surface area contributed by atoms with Gasteiger partial charge in [0.15, 0.2) is 0 Å². The predicted octanol–water partition coefficient (Wildman–Crippen LogP) is 3.00. The zero-order valence-electron chi connectivity index (χ0n) is 10.5. The molecule has 15 heavy (non-hydrogen) atoms. The van der Waals surface area contributed by atoms with E-state index in [1.54, 1.807) is 7.05 Å². The van der Waals surface area contributed by atoms with Crippen molar-refractivity contribution in [3.63, 3.8) is 0 Å². The van der Waals surface area contributed by atoms with E-state index >= 15 is 0 Å². The van der Waals surface area contributed by atoms with Crippen molar-refractivity contribution in [3.05, 3.63) is 0 Å². The predicted molar refractivity (Wildman–Crippen MR) is 65.0 cm³/mol. The Kier molecular flexibility index (Phi) is 11.9. The average Bonchev–Trinajstić information content (AvgIpc) is 2.20. The molecule has 0 aliphatic carbocycles. The lowest BCUT2D eigenvalue weighted by molar-refractivity contribution is -0.0708. The minimum absolute atomic E-state index is 0.566. The quantitative estimate of drug-likeness (QED) is 0.316. The second-order valence-electron chi connectivity index (χ2n) is 4.29. The third kappa shape index (κ3) is 13.9. The Morgan fingerprint density at radius 1 is 0.933 bits per heavy atom. The molecule has 0 spiro atoms. The van der Waals surface area contributed by atoms with Gasteiger partial charge in [0.1, 0.15) is 0 Å². The van der Waals surface area contributed by atoms with Crippen LogP contribution in [0.1, 0.15) is 58.3 Å². The van der Waals surface area contributed by atoms with Crippen LogP contribution in [-0.2, 0) is 0 Å². The van der Waals surface area contributed by atoms with Crippen LogP contribution < -0.4 is 5.32 Å². The Labute approximate surface area is 94.8 Å². The summed E-state index contributed by atoms with van der Waals surface area (Å²) in [6.45, 7) is 3.83. The first-order valence-electron chi connectivity index (χ1n) is 6.38. The molecule has 0 atom stereocenters. The second kappa shape index (κ2) is 12.0. The molecule has 0 aromatic heterocycles. The number of hydrogen-bond donors (Lipinski definition) is 2. The maximum absolute atomic E-state index is 8.85. The zero-order valence-corrected chi connectivity index (χ0v) is 10.5. The fourth-order valence-corrected chi connectivity index (χ4v) is 1.62. The van der Waals surface area contributed by atoms with Gasteiger partial charge in [0.05, 0.1) is 6.67 Å². The van der Waals surface area contributed by atoms with Crippen molar-refractivity contribution >= 4 is 0 Å². The van der Waals surface area contributed by atoms with Crippen LogP contribution in [0.2, 0.25) is 0 Å². The molecule has 2 N–H and O–H groups in total. The molecule has 0 fully saturated rings. The molecule has 92 valence electrons. The number of hydrogen-bond acceptors (Lipinski definition) is 3. The Morgan fingerprint density at radius 2 is 1.47 bits per heavy atom. The van der Waals surface area contributed by atoms with E-state index in [2.05, 4.69) is 12.2 Å². The number of nitrogens with zero attached hydrogens (tertiary/aromatic N) is 1. The molecule has 3 heteroatoms. The molecule has 0 unspecified atom stereocenters. The van der Waals surface area contributed by atoms with Crippen LogP contribution in [0.3, 0.4) is 0 Å². The highest BCUT2D eigenvalue weighted by Crippen LogP contribution is 2.07. The van der Waals surface area contributed by atoms with Crippen molar-refractivity contribution in [2.75, 3.05) is 20.3 Å². The lowest BCUT2D eigenvalue weighted by Crippen LogP contribution is -2.29. The minimum Gasteiger partial charge on any atom is -0.313 e. The van der Waals surface area contributed by atoms with Gasteiger partial charge in [0.25, 0.3) is 0 Å². The number of unbranched alkanes of at least 4 members (excludes halogenated alkanes) is 7. The van der Waals surface area contributed by atoms with Crippen molar-refractivity contribution < 1.29 is 5.21 Å². The van der Waals surface area contributed by atoms with Crippen LogP contribution in [0, 0.1) is 0 Å². The van der Waals surface area contributed by atoms with E-state index < -0.39 is 0 Å². The normalized spacial score (nSPS) is 11.2. The molecule has 0 saturated heterocycles. The first-order chi connectivity index (χ1) is 7.27. The number of rotatable bonds is 11. The van der Waals surface area contributed by atoms with Gasteiger partial charge >= 0.3 is 0 Å². The Hall–Kier alpha value is -0.120. The van der Waals surface area contributed by atoms with Crippen molar-refractivity contribution in [3.8, 4) is 0 Å². The van der Waals surface area contributed by atoms with Crippen molar-refractivity contribution in [1.82, 2.24) is 10.4 Å². The molecule has 0 aliphatic rings. The maximum Gasteiger partial charge on any atom is 0.0726 e. The Balaban J connectivity index is 2.87. The third-order valence-electron chi connectivity index (χ3n) is 2.55. The highest BCUT2D eigenvalue weighted by molar-refractivity contribution is 4.48. The summed E-state index contributed by atoms with van der Waals surface area (Å²) < 4.78 is 0. The van der Waals surface area contributed by atoms with Crippen molar-refractivity contribution in [2.24, 2.45) is 0 Å². The molecule has 0 aliphatic heterocycles. The Bertz CT molecular complexity index is 118. The van der Waals surface area contributed by atoms with Gasteiger partial charge in [-0.15, -0.1) is 0 Å². The molecule has 0 radical (unpaired) electrons. The minimum atomic E-state index is 0.566. The largest absolute Gasteiger partial charge is 0.313 e. The monoisotopic (exact) mass is 216 g/mol. The molecule has 0 rings (SSSR count). The standard InChI is InChI=1S/C12H28N2O/c1-3-4-5-6-7-8-9-10-11-13-12-14(2)15/h13,15H,3-12H2,1-2H3. The smallest absolute Gasteiger partial charge is 0.0726 e. The second-order valence-corrected chi connectivity index (χ2v) is 4.29. The number of nitrogens with one attached hydrogen (secondary N) is 1. The van der Waals surface area contributed by atoms with E-state index in [4.69, 9.17) is 5.21 Å². The summed E-state index contributed by atoms with van der Waals surface area (Å²) in [4.78, 5) is 0. The highest BCUT2D eigenvalue weighted by atomic mass is 16.5. The molecular weight excluding hydrogens is 188 g/mol. The lowest BCUT2D eigenvalue weighted by atomic mass is 10.1. The molecule has 0 amide bonds. The number of hydroxylamine groups is 2.